The topological polar surface area (TPSA) is 62.9 Å². The Morgan fingerprint density at radius 3 is 2.45 bits per heavy atom. The summed E-state index contributed by atoms with van der Waals surface area (Å²) >= 11 is 0. The van der Waals surface area contributed by atoms with Gasteiger partial charge in [-0.3, -0.25) is 14.0 Å². The summed E-state index contributed by atoms with van der Waals surface area (Å²) in [4.78, 5) is 34.7. The molecular weight excluding hydrogens is 366 g/mol. The van der Waals surface area contributed by atoms with E-state index in [-0.39, 0.29) is 11.5 Å². The number of aromatic nitrogens is 3. The molecule has 7 heteroatoms. The summed E-state index contributed by atoms with van der Waals surface area (Å²) in [6.45, 7) is 2.85. The Morgan fingerprint density at radius 1 is 0.966 bits per heavy atom. The fraction of sp³-hybridized carbons (Fsp3) is 0.227. The van der Waals surface area contributed by atoms with Crippen molar-refractivity contribution in [1.29, 1.82) is 0 Å². The molecule has 146 valence electrons. The molecule has 4 aromatic rings. The lowest BCUT2D eigenvalue weighted by molar-refractivity contribution is 0.0737. The maximum Gasteiger partial charge on any atom is 0.270 e. The molecule has 4 heterocycles. The molecule has 0 N–H and O–H groups in total. The molecule has 0 unspecified atom stereocenters. The number of hydrogen-bond donors (Lipinski definition) is 0. The van der Waals surface area contributed by atoms with Gasteiger partial charge in [-0.2, -0.15) is 0 Å². The van der Waals surface area contributed by atoms with Crippen LogP contribution < -0.4 is 10.5 Å². The standard InChI is InChI=1S/C22H21N5O2/c1-24-18(15-17-20(24)23-19-9-5-6-10-27(19)21(17)28)22(29)26-13-11-25(12-14-26)16-7-3-2-4-8-16/h2-10,15H,11-14H2,1H3. The molecule has 1 amide bonds. The van der Waals surface area contributed by atoms with Gasteiger partial charge >= 0.3 is 0 Å². The molecule has 0 saturated carbocycles. The van der Waals surface area contributed by atoms with E-state index in [2.05, 4.69) is 22.0 Å². The van der Waals surface area contributed by atoms with E-state index < -0.39 is 0 Å². The summed E-state index contributed by atoms with van der Waals surface area (Å²) < 4.78 is 3.24. The lowest BCUT2D eigenvalue weighted by Crippen LogP contribution is -2.49. The maximum absolute atomic E-state index is 13.2. The van der Waals surface area contributed by atoms with Gasteiger partial charge in [0.1, 0.15) is 17.0 Å². The molecule has 0 radical (unpaired) electrons. The Labute approximate surface area is 167 Å². The second kappa shape index (κ2) is 6.77. The van der Waals surface area contributed by atoms with E-state index in [9.17, 15) is 9.59 Å². The van der Waals surface area contributed by atoms with E-state index in [1.165, 1.54) is 10.1 Å². The van der Waals surface area contributed by atoms with E-state index in [1.54, 1.807) is 36.0 Å². The van der Waals surface area contributed by atoms with Crippen molar-refractivity contribution in [2.24, 2.45) is 7.05 Å². The van der Waals surface area contributed by atoms with Crippen LogP contribution in [0.15, 0.2) is 65.6 Å². The number of aryl methyl sites for hydroxylation is 1. The van der Waals surface area contributed by atoms with Crippen LogP contribution in [-0.4, -0.2) is 50.9 Å². The second-order valence-corrected chi connectivity index (χ2v) is 7.29. The van der Waals surface area contributed by atoms with Gasteiger partial charge < -0.3 is 14.4 Å². The van der Waals surface area contributed by atoms with Crippen LogP contribution in [0.1, 0.15) is 10.5 Å². The van der Waals surface area contributed by atoms with Crippen molar-refractivity contribution in [3.05, 3.63) is 76.8 Å². The molecule has 1 saturated heterocycles. The molecule has 0 aliphatic carbocycles. The zero-order chi connectivity index (χ0) is 20.0. The molecule has 5 rings (SSSR count). The second-order valence-electron chi connectivity index (χ2n) is 7.29. The number of benzene rings is 1. The number of amides is 1. The maximum atomic E-state index is 13.2. The zero-order valence-electron chi connectivity index (χ0n) is 16.2. The first kappa shape index (κ1) is 17.5. The average Bonchev–Trinajstić information content (AvgIpc) is 3.11. The van der Waals surface area contributed by atoms with Gasteiger partial charge in [0.25, 0.3) is 11.5 Å². The molecule has 1 fully saturated rings. The SMILES string of the molecule is Cn1c(C(=O)N2CCN(c3ccccc3)CC2)cc2c(=O)n3ccccc3nc21. The van der Waals surface area contributed by atoms with Gasteiger partial charge in [0.05, 0.1) is 5.39 Å². The predicted octanol–water partition coefficient (Wildman–Crippen LogP) is 2.15. The van der Waals surface area contributed by atoms with E-state index in [0.29, 0.717) is 35.5 Å². The molecule has 7 nitrogen and oxygen atoms in total. The first-order chi connectivity index (χ1) is 14.1. The number of anilines is 1. The summed E-state index contributed by atoms with van der Waals surface area (Å²) in [5.41, 5.74) is 2.62. The summed E-state index contributed by atoms with van der Waals surface area (Å²) in [5.74, 6) is -0.0633. The highest BCUT2D eigenvalue weighted by Gasteiger charge is 2.25. The van der Waals surface area contributed by atoms with Crippen LogP contribution in [0.3, 0.4) is 0 Å². The summed E-state index contributed by atoms with van der Waals surface area (Å²) in [6.07, 6.45) is 1.70. The Kier molecular flexibility index (Phi) is 4.08. The molecule has 1 aliphatic heterocycles. The highest BCUT2D eigenvalue weighted by molar-refractivity contribution is 5.98. The third-order valence-electron chi connectivity index (χ3n) is 5.62. The smallest absolute Gasteiger partial charge is 0.270 e. The Bertz CT molecular complexity index is 1270. The fourth-order valence-electron chi connectivity index (χ4n) is 3.99. The Morgan fingerprint density at radius 2 is 1.69 bits per heavy atom. The minimum atomic E-state index is -0.158. The van der Waals surface area contributed by atoms with Crippen LogP contribution in [0.5, 0.6) is 0 Å². The van der Waals surface area contributed by atoms with Crippen molar-refractivity contribution in [3.63, 3.8) is 0 Å². The van der Waals surface area contributed by atoms with Crippen LogP contribution in [0.4, 0.5) is 5.69 Å². The van der Waals surface area contributed by atoms with Gasteiger partial charge in [0, 0.05) is 45.1 Å². The Balaban J connectivity index is 1.44. The summed E-state index contributed by atoms with van der Waals surface area (Å²) in [6, 6.07) is 17.3. The van der Waals surface area contributed by atoms with Gasteiger partial charge in [-0.1, -0.05) is 24.3 Å². The predicted molar refractivity (Wildman–Crippen MR) is 112 cm³/mol. The van der Waals surface area contributed by atoms with Gasteiger partial charge in [-0.15, -0.1) is 0 Å². The van der Waals surface area contributed by atoms with Crippen molar-refractivity contribution >= 4 is 28.3 Å². The minimum absolute atomic E-state index is 0.0633. The number of carbonyl (C=O) groups excluding carboxylic acids is 1. The quantitative estimate of drug-likeness (QED) is 0.529. The van der Waals surface area contributed by atoms with Crippen molar-refractivity contribution in [1.82, 2.24) is 18.9 Å². The van der Waals surface area contributed by atoms with Crippen LogP contribution in [-0.2, 0) is 7.05 Å². The average molecular weight is 387 g/mol. The number of piperazine rings is 1. The number of fused-ring (bicyclic) bond motifs is 2. The molecule has 0 bridgehead atoms. The molecular formula is C22H21N5O2. The highest BCUT2D eigenvalue weighted by Crippen LogP contribution is 2.19. The van der Waals surface area contributed by atoms with Gasteiger partial charge in [0.15, 0.2) is 0 Å². The van der Waals surface area contributed by atoms with Crippen molar-refractivity contribution in [3.8, 4) is 0 Å². The molecule has 3 aromatic heterocycles. The lowest BCUT2D eigenvalue weighted by atomic mass is 10.2. The van der Waals surface area contributed by atoms with Crippen molar-refractivity contribution in [2.75, 3.05) is 31.1 Å². The van der Waals surface area contributed by atoms with E-state index in [0.717, 1.165) is 13.1 Å². The monoisotopic (exact) mass is 387 g/mol. The number of nitrogens with zero attached hydrogens (tertiary/aromatic N) is 5. The normalized spacial score (nSPS) is 14.7. The van der Waals surface area contributed by atoms with Gasteiger partial charge in [0.2, 0.25) is 0 Å². The van der Waals surface area contributed by atoms with E-state index in [4.69, 9.17) is 0 Å². The summed E-state index contributed by atoms with van der Waals surface area (Å²) in [7, 11) is 1.79. The number of pyridine rings is 1. The number of hydrogen-bond acceptors (Lipinski definition) is 4. The third-order valence-corrected chi connectivity index (χ3v) is 5.62. The number of carbonyl (C=O) groups is 1. The van der Waals surface area contributed by atoms with E-state index in [1.807, 2.05) is 29.2 Å². The molecule has 1 aromatic carbocycles. The first-order valence-corrected chi connectivity index (χ1v) is 9.69. The van der Waals surface area contributed by atoms with Crippen LogP contribution in [0, 0.1) is 0 Å². The third kappa shape index (κ3) is 2.86. The fourth-order valence-corrected chi connectivity index (χ4v) is 3.99. The minimum Gasteiger partial charge on any atom is -0.368 e. The lowest BCUT2D eigenvalue weighted by Gasteiger charge is -2.36. The molecule has 0 atom stereocenters. The first-order valence-electron chi connectivity index (χ1n) is 9.69. The van der Waals surface area contributed by atoms with Gasteiger partial charge in [-0.05, 0) is 30.3 Å². The summed E-state index contributed by atoms with van der Waals surface area (Å²) in [5, 5.41) is 0.461. The number of rotatable bonds is 2. The largest absolute Gasteiger partial charge is 0.368 e. The van der Waals surface area contributed by atoms with Crippen LogP contribution in [0.2, 0.25) is 0 Å². The highest BCUT2D eigenvalue weighted by atomic mass is 16.2. The van der Waals surface area contributed by atoms with Gasteiger partial charge in [-0.25, -0.2) is 4.98 Å². The van der Waals surface area contributed by atoms with Crippen molar-refractivity contribution in [2.45, 2.75) is 0 Å². The molecule has 29 heavy (non-hydrogen) atoms. The molecule has 1 aliphatic rings. The van der Waals surface area contributed by atoms with Crippen LogP contribution >= 0.6 is 0 Å². The van der Waals surface area contributed by atoms with E-state index >= 15 is 0 Å². The van der Waals surface area contributed by atoms with Crippen molar-refractivity contribution < 1.29 is 4.79 Å². The zero-order valence-corrected chi connectivity index (χ0v) is 16.2. The molecule has 0 spiro atoms. The Hall–Kier alpha value is -3.61. The van der Waals surface area contributed by atoms with Crippen LogP contribution in [0.25, 0.3) is 16.7 Å². The number of para-hydroxylation sites is 1.